The Labute approximate surface area is 80.8 Å². The van der Waals surface area contributed by atoms with E-state index in [0.29, 0.717) is 19.6 Å². The number of amides is 1. The number of carbonyl (C=O) groups is 1. The molecule has 1 saturated heterocycles. The smallest absolute Gasteiger partial charge is 0.248 e. The first kappa shape index (κ1) is 9.83. The number of ether oxygens (including phenoxy) is 1. The van der Waals surface area contributed by atoms with Gasteiger partial charge in [0.1, 0.15) is 0 Å². The molecule has 2 aliphatic rings. The fraction of sp³-hybridized carbons (Fsp3) is 0.889. The molecule has 2 fully saturated rings. The van der Waals surface area contributed by atoms with Crippen molar-refractivity contribution in [2.24, 2.45) is 5.92 Å². The molecule has 1 N–H and O–H groups in total. The Morgan fingerprint density at radius 3 is 2.57 bits per heavy atom. The molecule has 80 valence electrons. The summed E-state index contributed by atoms with van der Waals surface area (Å²) in [5.74, 6) is -3.39. The molecule has 1 amide bonds. The average Bonchev–Trinajstić information content (AvgIpc) is 2.38. The maximum atomic E-state index is 12.8. The number of nitrogens with one attached hydrogen (secondary N) is 1. The predicted molar refractivity (Wildman–Crippen MR) is 45.0 cm³/mol. The summed E-state index contributed by atoms with van der Waals surface area (Å²) in [4.78, 5) is 11.4. The van der Waals surface area contributed by atoms with Crippen LogP contribution in [-0.2, 0) is 9.53 Å². The first-order valence-electron chi connectivity index (χ1n) is 4.83. The van der Waals surface area contributed by atoms with E-state index in [1.54, 1.807) is 0 Å². The third kappa shape index (κ3) is 2.03. The lowest BCUT2D eigenvalue weighted by Gasteiger charge is -2.28. The normalized spacial score (nSPS) is 31.1. The second kappa shape index (κ2) is 3.46. The molecule has 0 bridgehead atoms. The van der Waals surface area contributed by atoms with Crippen molar-refractivity contribution in [1.82, 2.24) is 5.32 Å². The van der Waals surface area contributed by atoms with Crippen molar-refractivity contribution < 1.29 is 18.3 Å². The summed E-state index contributed by atoms with van der Waals surface area (Å²) in [6.45, 7) is 1.02. The van der Waals surface area contributed by atoms with Crippen LogP contribution in [0.25, 0.3) is 0 Å². The summed E-state index contributed by atoms with van der Waals surface area (Å²) >= 11 is 0. The molecule has 1 saturated carbocycles. The van der Waals surface area contributed by atoms with Crippen molar-refractivity contribution in [2.75, 3.05) is 13.2 Å². The van der Waals surface area contributed by atoms with E-state index >= 15 is 0 Å². The second-order valence-corrected chi connectivity index (χ2v) is 4.04. The van der Waals surface area contributed by atoms with E-state index in [4.69, 9.17) is 4.74 Å². The summed E-state index contributed by atoms with van der Waals surface area (Å²) in [6.07, 6.45) is -0.162. The van der Waals surface area contributed by atoms with E-state index in [0.717, 1.165) is 0 Å². The van der Waals surface area contributed by atoms with Gasteiger partial charge in [0.05, 0.1) is 19.3 Å². The molecule has 1 atom stereocenters. The largest absolute Gasteiger partial charge is 0.377 e. The van der Waals surface area contributed by atoms with Crippen LogP contribution in [0.5, 0.6) is 0 Å². The SMILES string of the molecule is O=C(NC1COC1)C1CCC(F)(F)C1. The first-order chi connectivity index (χ1) is 6.57. The van der Waals surface area contributed by atoms with E-state index in [9.17, 15) is 13.6 Å². The van der Waals surface area contributed by atoms with Crippen LogP contribution >= 0.6 is 0 Å². The van der Waals surface area contributed by atoms with Gasteiger partial charge in [0.2, 0.25) is 11.8 Å². The molecule has 0 aromatic rings. The van der Waals surface area contributed by atoms with Crippen molar-refractivity contribution in [3.8, 4) is 0 Å². The standard InChI is InChI=1S/C9H13F2NO2/c10-9(11)2-1-6(3-9)8(13)12-7-4-14-5-7/h6-7H,1-5H2,(H,12,13). The van der Waals surface area contributed by atoms with Crippen LogP contribution in [0.2, 0.25) is 0 Å². The second-order valence-electron chi connectivity index (χ2n) is 4.04. The highest BCUT2D eigenvalue weighted by Crippen LogP contribution is 2.38. The Bertz CT molecular complexity index is 241. The molecule has 0 radical (unpaired) electrons. The number of hydrogen-bond donors (Lipinski definition) is 1. The molecular weight excluding hydrogens is 192 g/mol. The summed E-state index contributed by atoms with van der Waals surface area (Å²) in [6, 6.07) is 0.0386. The minimum Gasteiger partial charge on any atom is -0.377 e. The van der Waals surface area contributed by atoms with Gasteiger partial charge in [0, 0.05) is 18.8 Å². The highest BCUT2D eigenvalue weighted by molar-refractivity contribution is 5.79. The number of hydrogen-bond acceptors (Lipinski definition) is 2. The molecule has 1 unspecified atom stereocenters. The number of alkyl halides is 2. The average molecular weight is 205 g/mol. The molecule has 0 aromatic heterocycles. The van der Waals surface area contributed by atoms with Gasteiger partial charge < -0.3 is 10.1 Å². The molecule has 3 nitrogen and oxygen atoms in total. The molecule has 1 aliphatic carbocycles. The van der Waals surface area contributed by atoms with Gasteiger partial charge in [-0.05, 0) is 6.42 Å². The Morgan fingerprint density at radius 2 is 2.14 bits per heavy atom. The van der Waals surface area contributed by atoms with E-state index < -0.39 is 11.8 Å². The predicted octanol–water partition coefficient (Wildman–Crippen LogP) is 0.937. The van der Waals surface area contributed by atoms with Gasteiger partial charge in [-0.15, -0.1) is 0 Å². The molecule has 0 aromatic carbocycles. The lowest BCUT2D eigenvalue weighted by molar-refractivity contribution is -0.129. The number of halogens is 2. The summed E-state index contributed by atoms with van der Waals surface area (Å²) in [5, 5.41) is 2.70. The highest BCUT2D eigenvalue weighted by Gasteiger charge is 2.42. The molecule has 0 spiro atoms. The van der Waals surface area contributed by atoms with Crippen molar-refractivity contribution in [3.63, 3.8) is 0 Å². The third-order valence-corrected chi connectivity index (χ3v) is 2.76. The molecule has 5 heteroatoms. The van der Waals surface area contributed by atoms with Crippen LogP contribution in [0.4, 0.5) is 8.78 Å². The molecule has 1 aliphatic heterocycles. The topological polar surface area (TPSA) is 38.3 Å². The number of rotatable bonds is 2. The van der Waals surface area contributed by atoms with Gasteiger partial charge in [-0.3, -0.25) is 4.79 Å². The molecule has 2 rings (SSSR count). The zero-order valence-corrected chi connectivity index (χ0v) is 7.76. The van der Waals surface area contributed by atoms with Gasteiger partial charge in [0.25, 0.3) is 0 Å². The fourth-order valence-corrected chi connectivity index (χ4v) is 1.81. The molecule has 14 heavy (non-hydrogen) atoms. The Kier molecular flexibility index (Phi) is 2.43. The van der Waals surface area contributed by atoms with Crippen molar-refractivity contribution in [2.45, 2.75) is 31.2 Å². The zero-order valence-electron chi connectivity index (χ0n) is 7.76. The van der Waals surface area contributed by atoms with Gasteiger partial charge in [-0.1, -0.05) is 0 Å². The third-order valence-electron chi connectivity index (χ3n) is 2.76. The van der Waals surface area contributed by atoms with Gasteiger partial charge in [0.15, 0.2) is 0 Å². The minimum absolute atomic E-state index is 0.0386. The van der Waals surface area contributed by atoms with Crippen LogP contribution in [0.3, 0.4) is 0 Å². The van der Waals surface area contributed by atoms with Crippen LogP contribution in [-0.4, -0.2) is 31.1 Å². The van der Waals surface area contributed by atoms with E-state index in [1.165, 1.54) is 0 Å². The van der Waals surface area contributed by atoms with Gasteiger partial charge in [-0.25, -0.2) is 8.78 Å². The Hall–Kier alpha value is -0.710. The summed E-state index contributed by atoms with van der Waals surface area (Å²) in [5.41, 5.74) is 0. The Morgan fingerprint density at radius 1 is 1.43 bits per heavy atom. The Balaban J connectivity index is 1.80. The minimum atomic E-state index is -2.64. The van der Waals surface area contributed by atoms with E-state index in [-0.39, 0.29) is 24.8 Å². The zero-order chi connectivity index (χ0) is 10.2. The quantitative estimate of drug-likeness (QED) is 0.728. The number of carbonyl (C=O) groups excluding carboxylic acids is 1. The van der Waals surface area contributed by atoms with Crippen molar-refractivity contribution in [1.29, 1.82) is 0 Å². The molecule has 1 heterocycles. The lowest BCUT2D eigenvalue weighted by Crippen LogP contribution is -2.50. The van der Waals surface area contributed by atoms with Crippen molar-refractivity contribution >= 4 is 5.91 Å². The van der Waals surface area contributed by atoms with E-state index in [2.05, 4.69) is 5.32 Å². The molecular formula is C9H13F2NO2. The van der Waals surface area contributed by atoms with Gasteiger partial charge >= 0.3 is 0 Å². The van der Waals surface area contributed by atoms with Crippen LogP contribution in [0, 0.1) is 5.92 Å². The maximum Gasteiger partial charge on any atom is 0.248 e. The van der Waals surface area contributed by atoms with Crippen LogP contribution in [0.1, 0.15) is 19.3 Å². The lowest BCUT2D eigenvalue weighted by atomic mass is 10.1. The highest BCUT2D eigenvalue weighted by atomic mass is 19.3. The summed E-state index contributed by atoms with van der Waals surface area (Å²) in [7, 11) is 0. The van der Waals surface area contributed by atoms with Crippen LogP contribution < -0.4 is 5.32 Å². The van der Waals surface area contributed by atoms with Gasteiger partial charge in [-0.2, -0.15) is 0 Å². The van der Waals surface area contributed by atoms with Crippen LogP contribution in [0.15, 0.2) is 0 Å². The van der Waals surface area contributed by atoms with E-state index in [1.807, 2.05) is 0 Å². The van der Waals surface area contributed by atoms with Crippen molar-refractivity contribution in [3.05, 3.63) is 0 Å². The fourth-order valence-electron chi connectivity index (χ4n) is 1.81. The maximum absolute atomic E-state index is 12.8. The summed E-state index contributed by atoms with van der Waals surface area (Å²) < 4.78 is 30.4. The first-order valence-corrected chi connectivity index (χ1v) is 4.83. The monoisotopic (exact) mass is 205 g/mol.